The van der Waals surface area contributed by atoms with Gasteiger partial charge in [-0.1, -0.05) is 18.2 Å². The van der Waals surface area contributed by atoms with Gasteiger partial charge in [0.1, 0.15) is 5.52 Å². The average molecular weight is 403 g/mol. The van der Waals surface area contributed by atoms with E-state index in [0.717, 1.165) is 44.7 Å². The first kappa shape index (κ1) is 20.5. The Morgan fingerprint density at radius 2 is 1.87 bits per heavy atom. The Balaban J connectivity index is 1.57. The molecule has 0 radical (unpaired) electrons. The van der Waals surface area contributed by atoms with Crippen LogP contribution in [0.5, 0.6) is 0 Å². The van der Waals surface area contributed by atoms with Gasteiger partial charge in [-0.15, -0.1) is 0 Å². The molecule has 1 amide bonds. The first-order valence-corrected chi connectivity index (χ1v) is 10.7. The maximum absolute atomic E-state index is 11.3. The Morgan fingerprint density at radius 3 is 2.63 bits per heavy atom. The number of hydrogen-bond donors (Lipinski definition) is 1. The molecule has 1 fully saturated rings. The molecular weight excluding hydrogens is 372 g/mol. The van der Waals surface area contributed by atoms with Crippen molar-refractivity contribution < 1.29 is 4.79 Å². The third-order valence-electron chi connectivity index (χ3n) is 6.29. The third-order valence-corrected chi connectivity index (χ3v) is 6.29. The molecule has 1 saturated heterocycles. The fourth-order valence-electron chi connectivity index (χ4n) is 4.42. The second-order valence-corrected chi connectivity index (χ2v) is 8.32. The Hall–Kier alpha value is -2.81. The van der Waals surface area contributed by atoms with Gasteiger partial charge in [-0.3, -0.25) is 4.79 Å². The number of nitrogens with two attached hydrogens (primary N) is 1. The zero-order valence-corrected chi connectivity index (χ0v) is 17.9. The molecule has 0 aliphatic carbocycles. The summed E-state index contributed by atoms with van der Waals surface area (Å²) in [7, 11) is 2.21. The molecule has 2 aromatic carbocycles. The van der Waals surface area contributed by atoms with E-state index in [4.69, 9.17) is 5.73 Å². The maximum atomic E-state index is 11.3. The van der Waals surface area contributed by atoms with Crippen LogP contribution in [0.4, 0.5) is 0 Å². The number of likely N-dealkylation sites (N-methyl/N-ethyl adjacent to an activating group) is 1. The smallest absolute Gasteiger partial charge is 0.248 e. The lowest BCUT2D eigenvalue weighted by atomic mass is 10.0. The van der Waals surface area contributed by atoms with Gasteiger partial charge in [0.25, 0.3) is 0 Å². The van der Waals surface area contributed by atoms with Crippen LogP contribution in [0.2, 0.25) is 0 Å². The number of hydrogen-bond acceptors (Lipinski definition) is 3. The fraction of sp³-hybridized carbons (Fsp3) is 0.400. The summed E-state index contributed by atoms with van der Waals surface area (Å²) in [6.45, 7) is 8.83. The van der Waals surface area contributed by atoms with Crippen molar-refractivity contribution in [2.75, 3.05) is 39.8 Å². The van der Waals surface area contributed by atoms with Crippen molar-refractivity contribution in [1.82, 2.24) is 14.4 Å². The fourth-order valence-corrected chi connectivity index (χ4v) is 4.42. The van der Waals surface area contributed by atoms with E-state index in [-0.39, 0.29) is 5.91 Å². The third kappa shape index (κ3) is 4.35. The monoisotopic (exact) mass is 402 g/mol. The first-order chi connectivity index (χ1) is 14.5. The van der Waals surface area contributed by atoms with E-state index in [1.165, 1.54) is 35.2 Å². The van der Waals surface area contributed by atoms with Crippen LogP contribution in [-0.4, -0.2) is 60.0 Å². The van der Waals surface area contributed by atoms with Gasteiger partial charge in [0.05, 0.1) is 0 Å². The highest BCUT2D eigenvalue weighted by Crippen LogP contribution is 2.27. The molecule has 0 spiro atoms. The van der Waals surface area contributed by atoms with Crippen LogP contribution < -0.4 is 5.73 Å². The average Bonchev–Trinajstić information content (AvgIpc) is 2.87. The predicted molar refractivity (Wildman–Crippen MR) is 121 cm³/mol. The highest BCUT2D eigenvalue weighted by atomic mass is 16.1. The summed E-state index contributed by atoms with van der Waals surface area (Å²) in [6.07, 6.45) is 2.05. The second kappa shape index (κ2) is 8.91. The van der Waals surface area contributed by atoms with Crippen LogP contribution in [0.25, 0.3) is 10.9 Å². The standard InChI is InChI=1S/C25H30N4O/c1-19-23(18-20-8-10-21(11-9-20)25(26)30)22-6-3-4-7-24(22)29(19)17-16-28-13-5-12-27(2)14-15-28/h3,6,8-11H,5,12-18H2,1-2H3,(H2,26,30). The number of rotatable bonds is 6. The number of benzene rings is 1. The molecule has 3 aromatic rings. The SMILES string of the molecule is Cc1c(Cc2ccc(C(N)=O)cc2)c2ccc#cc2n1CCN1CCCN(C)CC1. The summed E-state index contributed by atoms with van der Waals surface area (Å²) >= 11 is 0. The summed E-state index contributed by atoms with van der Waals surface area (Å²) in [5.74, 6) is -0.390. The molecule has 1 aromatic heterocycles. The van der Waals surface area contributed by atoms with E-state index in [1.54, 1.807) is 0 Å². The summed E-state index contributed by atoms with van der Waals surface area (Å²) in [4.78, 5) is 16.3. The normalized spacial score (nSPS) is 15.8. The van der Waals surface area contributed by atoms with Crippen LogP contribution in [0.15, 0.2) is 36.4 Å². The summed E-state index contributed by atoms with van der Waals surface area (Å²) in [6, 6.07) is 18.2. The Kier molecular flexibility index (Phi) is 6.08. The van der Waals surface area contributed by atoms with Crippen molar-refractivity contribution in [3.8, 4) is 0 Å². The molecular formula is C25H30N4O. The van der Waals surface area contributed by atoms with E-state index in [1.807, 2.05) is 30.3 Å². The van der Waals surface area contributed by atoms with Gasteiger partial charge in [-0.2, -0.15) is 0 Å². The Labute approximate surface area is 179 Å². The number of carbonyl (C=O) groups excluding carboxylic acids is 1. The van der Waals surface area contributed by atoms with Crippen molar-refractivity contribution >= 4 is 16.8 Å². The minimum Gasteiger partial charge on any atom is -0.366 e. The van der Waals surface area contributed by atoms with Gasteiger partial charge in [0.2, 0.25) is 5.91 Å². The number of carbonyl (C=O) groups is 1. The van der Waals surface area contributed by atoms with E-state index < -0.39 is 0 Å². The topological polar surface area (TPSA) is 54.5 Å². The van der Waals surface area contributed by atoms with E-state index in [9.17, 15) is 4.79 Å². The van der Waals surface area contributed by atoms with Gasteiger partial charge >= 0.3 is 0 Å². The van der Waals surface area contributed by atoms with Crippen molar-refractivity contribution in [2.24, 2.45) is 5.73 Å². The summed E-state index contributed by atoms with van der Waals surface area (Å²) in [5.41, 5.74) is 10.8. The van der Waals surface area contributed by atoms with Gasteiger partial charge in [0.15, 0.2) is 0 Å². The quantitative estimate of drug-likeness (QED) is 0.690. The Morgan fingerprint density at radius 1 is 1.07 bits per heavy atom. The molecule has 30 heavy (non-hydrogen) atoms. The van der Waals surface area contributed by atoms with Crippen LogP contribution in [0.3, 0.4) is 0 Å². The lowest BCUT2D eigenvalue weighted by Crippen LogP contribution is -2.31. The van der Waals surface area contributed by atoms with Crippen molar-refractivity contribution in [2.45, 2.75) is 26.3 Å². The van der Waals surface area contributed by atoms with E-state index in [2.05, 4.69) is 46.5 Å². The zero-order chi connectivity index (χ0) is 21.1. The molecule has 1 aliphatic rings. The molecule has 0 saturated carbocycles. The van der Waals surface area contributed by atoms with Gasteiger partial charge in [-0.25, -0.2) is 0 Å². The lowest BCUT2D eigenvalue weighted by molar-refractivity contribution is 0.100. The number of nitrogens with zero attached hydrogens (tertiary/aromatic N) is 3. The number of fused-ring (bicyclic) bond motifs is 1. The van der Waals surface area contributed by atoms with Crippen LogP contribution >= 0.6 is 0 Å². The van der Waals surface area contributed by atoms with E-state index >= 15 is 0 Å². The predicted octanol–water partition coefficient (Wildman–Crippen LogP) is 2.88. The molecule has 2 N–H and O–H groups in total. The molecule has 5 nitrogen and oxygen atoms in total. The zero-order valence-electron chi connectivity index (χ0n) is 17.9. The second-order valence-electron chi connectivity index (χ2n) is 8.32. The molecule has 1 aliphatic heterocycles. The minimum absolute atomic E-state index is 0.390. The van der Waals surface area contributed by atoms with Gasteiger partial charge in [0, 0.05) is 42.8 Å². The molecule has 2 heterocycles. The number of amides is 1. The molecule has 0 atom stereocenters. The number of primary amides is 1. The molecule has 4 rings (SSSR count). The largest absolute Gasteiger partial charge is 0.366 e. The molecule has 5 heteroatoms. The van der Waals surface area contributed by atoms with Gasteiger partial charge in [-0.05, 0) is 81.4 Å². The maximum Gasteiger partial charge on any atom is 0.248 e. The highest BCUT2D eigenvalue weighted by molar-refractivity contribution is 5.92. The van der Waals surface area contributed by atoms with Crippen LogP contribution in [0, 0.1) is 19.1 Å². The first-order valence-electron chi connectivity index (χ1n) is 10.7. The summed E-state index contributed by atoms with van der Waals surface area (Å²) in [5, 5.41) is 1.24. The summed E-state index contributed by atoms with van der Waals surface area (Å²) < 4.78 is 2.40. The molecule has 0 bridgehead atoms. The minimum atomic E-state index is -0.390. The molecule has 156 valence electrons. The highest BCUT2D eigenvalue weighted by Gasteiger charge is 2.17. The van der Waals surface area contributed by atoms with Crippen LogP contribution in [-0.2, 0) is 13.0 Å². The van der Waals surface area contributed by atoms with Crippen LogP contribution in [0.1, 0.15) is 33.6 Å². The van der Waals surface area contributed by atoms with Crippen molar-refractivity contribution in [3.63, 3.8) is 0 Å². The number of aromatic nitrogens is 1. The lowest BCUT2D eigenvalue weighted by Gasteiger charge is -2.21. The van der Waals surface area contributed by atoms with Gasteiger partial charge < -0.3 is 20.1 Å². The van der Waals surface area contributed by atoms with Crippen molar-refractivity contribution in [3.05, 3.63) is 70.9 Å². The van der Waals surface area contributed by atoms with Crippen molar-refractivity contribution in [1.29, 1.82) is 0 Å². The Bertz CT molecular complexity index is 1020. The molecule has 0 unspecified atom stereocenters. The van der Waals surface area contributed by atoms with E-state index in [0.29, 0.717) is 5.56 Å².